The summed E-state index contributed by atoms with van der Waals surface area (Å²) in [6, 6.07) is 2.06. The first kappa shape index (κ1) is 12.9. The maximum Gasteiger partial charge on any atom is 0.224 e. The summed E-state index contributed by atoms with van der Waals surface area (Å²) in [5.41, 5.74) is 5.47. The predicted octanol–water partition coefficient (Wildman–Crippen LogP) is 0.637. The molecule has 0 aliphatic carbocycles. The van der Waals surface area contributed by atoms with Crippen molar-refractivity contribution in [3.63, 3.8) is 0 Å². The van der Waals surface area contributed by atoms with Crippen molar-refractivity contribution >= 4 is 5.91 Å². The molecule has 2 unspecified atom stereocenters. The number of hydrogen-bond donors (Lipinski definition) is 2. The fraction of sp³-hybridized carbons (Fsp3) is 0.800. The molecule has 0 fully saturated rings. The van der Waals surface area contributed by atoms with Crippen molar-refractivity contribution in [1.29, 1.82) is 5.26 Å². The first-order chi connectivity index (χ1) is 6.65. The lowest BCUT2D eigenvalue weighted by molar-refractivity contribution is -0.125. The zero-order valence-electron chi connectivity index (χ0n) is 8.92. The van der Waals surface area contributed by atoms with E-state index < -0.39 is 0 Å². The Hall–Kier alpha value is -1.08. The molecule has 0 aliphatic rings. The molecule has 2 atom stereocenters. The van der Waals surface area contributed by atoms with Gasteiger partial charge < -0.3 is 11.1 Å². The van der Waals surface area contributed by atoms with Crippen LogP contribution < -0.4 is 11.1 Å². The number of rotatable bonds is 6. The summed E-state index contributed by atoms with van der Waals surface area (Å²) >= 11 is 0. The Morgan fingerprint density at radius 1 is 1.64 bits per heavy atom. The third-order valence-electron chi connectivity index (χ3n) is 2.10. The summed E-state index contributed by atoms with van der Waals surface area (Å²) in [4.78, 5) is 11.5. The van der Waals surface area contributed by atoms with E-state index in [1.165, 1.54) is 0 Å². The third-order valence-corrected chi connectivity index (χ3v) is 2.10. The van der Waals surface area contributed by atoms with E-state index in [0.29, 0.717) is 13.1 Å². The van der Waals surface area contributed by atoms with Gasteiger partial charge >= 0.3 is 0 Å². The van der Waals surface area contributed by atoms with Crippen molar-refractivity contribution in [1.82, 2.24) is 5.32 Å². The molecule has 0 bridgehead atoms. The normalized spacial score (nSPS) is 14.1. The van der Waals surface area contributed by atoms with Crippen LogP contribution in [0.25, 0.3) is 0 Å². The van der Waals surface area contributed by atoms with Crippen LogP contribution in [0.3, 0.4) is 0 Å². The number of nitrogens with one attached hydrogen (secondary N) is 1. The lowest BCUT2D eigenvalue weighted by Gasteiger charge is -2.14. The van der Waals surface area contributed by atoms with Crippen molar-refractivity contribution < 1.29 is 4.79 Å². The van der Waals surface area contributed by atoms with Crippen molar-refractivity contribution in [3.8, 4) is 6.07 Å². The Balaban J connectivity index is 3.87. The second kappa shape index (κ2) is 7.34. The number of nitrogens with zero attached hydrogens (tertiary/aromatic N) is 1. The van der Waals surface area contributed by atoms with E-state index in [-0.39, 0.29) is 17.7 Å². The lowest BCUT2D eigenvalue weighted by Crippen LogP contribution is -2.37. The molecule has 0 heterocycles. The van der Waals surface area contributed by atoms with Crippen LogP contribution in [0.4, 0.5) is 0 Å². The smallest absolute Gasteiger partial charge is 0.224 e. The fourth-order valence-electron chi connectivity index (χ4n) is 1.15. The van der Waals surface area contributed by atoms with E-state index >= 15 is 0 Å². The highest BCUT2D eigenvalue weighted by Gasteiger charge is 2.15. The summed E-state index contributed by atoms with van der Waals surface area (Å²) in [5, 5.41) is 11.2. The highest BCUT2D eigenvalue weighted by atomic mass is 16.1. The minimum absolute atomic E-state index is 0.0311. The summed E-state index contributed by atoms with van der Waals surface area (Å²) in [6.45, 7) is 4.58. The van der Waals surface area contributed by atoms with Crippen LogP contribution in [0.15, 0.2) is 0 Å². The average Bonchev–Trinajstić information content (AvgIpc) is 2.21. The van der Waals surface area contributed by atoms with Crippen LogP contribution in [0.5, 0.6) is 0 Å². The van der Waals surface area contributed by atoms with E-state index in [2.05, 4.69) is 11.4 Å². The Morgan fingerprint density at radius 3 is 2.71 bits per heavy atom. The molecule has 0 aliphatic heterocycles. The minimum atomic E-state index is -0.140. The Labute approximate surface area is 85.5 Å². The molecular weight excluding hydrogens is 178 g/mol. The molecule has 0 saturated heterocycles. The molecule has 0 rings (SSSR count). The maximum absolute atomic E-state index is 11.5. The van der Waals surface area contributed by atoms with Gasteiger partial charge in [-0.05, 0) is 13.3 Å². The molecule has 0 spiro atoms. The number of carbonyl (C=O) groups excluding carboxylic acids is 1. The van der Waals surface area contributed by atoms with Crippen LogP contribution >= 0.6 is 0 Å². The summed E-state index contributed by atoms with van der Waals surface area (Å²) < 4.78 is 0. The van der Waals surface area contributed by atoms with E-state index in [0.717, 1.165) is 12.8 Å². The predicted molar refractivity (Wildman–Crippen MR) is 55.2 cm³/mol. The van der Waals surface area contributed by atoms with E-state index in [1.807, 2.05) is 6.92 Å². The van der Waals surface area contributed by atoms with Gasteiger partial charge in [-0.25, -0.2) is 0 Å². The highest BCUT2D eigenvalue weighted by molar-refractivity contribution is 5.78. The second-order valence-electron chi connectivity index (χ2n) is 3.50. The first-order valence-corrected chi connectivity index (χ1v) is 5.03. The zero-order valence-corrected chi connectivity index (χ0v) is 8.92. The standard InChI is InChI=1S/C10H19N3O/c1-3-4-9(6-12)10(14)13-7-8(2)5-11/h8-9H,3-4,6-7,12H2,1-2H3,(H,13,14). The monoisotopic (exact) mass is 197 g/mol. The van der Waals surface area contributed by atoms with E-state index in [4.69, 9.17) is 11.0 Å². The fourth-order valence-corrected chi connectivity index (χ4v) is 1.15. The average molecular weight is 197 g/mol. The number of amides is 1. The summed E-state index contributed by atoms with van der Waals surface area (Å²) in [6.07, 6.45) is 1.76. The van der Waals surface area contributed by atoms with Crippen molar-refractivity contribution in [2.45, 2.75) is 26.7 Å². The summed E-state index contributed by atoms with van der Waals surface area (Å²) in [5.74, 6) is -0.277. The van der Waals surface area contributed by atoms with Crippen LogP contribution in [0.1, 0.15) is 26.7 Å². The number of nitriles is 1. The molecule has 14 heavy (non-hydrogen) atoms. The molecule has 0 aromatic rings. The van der Waals surface area contributed by atoms with Crippen LogP contribution in [0.2, 0.25) is 0 Å². The molecule has 0 radical (unpaired) electrons. The van der Waals surface area contributed by atoms with Gasteiger partial charge in [0.15, 0.2) is 0 Å². The van der Waals surface area contributed by atoms with Crippen molar-refractivity contribution in [2.24, 2.45) is 17.6 Å². The number of carbonyl (C=O) groups is 1. The molecule has 1 amide bonds. The van der Waals surface area contributed by atoms with Gasteiger partial charge in [0.2, 0.25) is 5.91 Å². The van der Waals surface area contributed by atoms with Gasteiger partial charge in [0.1, 0.15) is 0 Å². The van der Waals surface area contributed by atoms with Crippen LogP contribution in [-0.2, 0) is 4.79 Å². The van der Waals surface area contributed by atoms with E-state index in [1.54, 1.807) is 6.92 Å². The molecule has 3 N–H and O–H groups in total. The van der Waals surface area contributed by atoms with Gasteiger partial charge in [0.05, 0.1) is 17.9 Å². The van der Waals surface area contributed by atoms with Crippen LogP contribution in [-0.4, -0.2) is 19.0 Å². The minimum Gasteiger partial charge on any atom is -0.355 e. The van der Waals surface area contributed by atoms with Crippen molar-refractivity contribution in [3.05, 3.63) is 0 Å². The Bertz CT molecular complexity index is 210. The van der Waals surface area contributed by atoms with Gasteiger partial charge in [-0.1, -0.05) is 13.3 Å². The lowest BCUT2D eigenvalue weighted by atomic mass is 10.0. The molecule has 4 nitrogen and oxygen atoms in total. The molecular formula is C10H19N3O. The first-order valence-electron chi connectivity index (χ1n) is 5.03. The topological polar surface area (TPSA) is 78.9 Å². The number of nitrogens with two attached hydrogens (primary N) is 1. The van der Waals surface area contributed by atoms with Gasteiger partial charge in [0.25, 0.3) is 0 Å². The zero-order chi connectivity index (χ0) is 11.0. The largest absolute Gasteiger partial charge is 0.355 e. The molecule has 0 aromatic carbocycles. The Kier molecular flexibility index (Phi) is 6.77. The van der Waals surface area contributed by atoms with Gasteiger partial charge in [0, 0.05) is 13.1 Å². The SMILES string of the molecule is CCCC(CN)C(=O)NCC(C)C#N. The van der Waals surface area contributed by atoms with Crippen LogP contribution in [0, 0.1) is 23.2 Å². The third kappa shape index (κ3) is 4.83. The quantitative estimate of drug-likeness (QED) is 0.655. The Morgan fingerprint density at radius 2 is 2.29 bits per heavy atom. The summed E-state index contributed by atoms with van der Waals surface area (Å²) in [7, 11) is 0. The highest BCUT2D eigenvalue weighted by Crippen LogP contribution is 2.04. The van der Waals surface area contributed by atoms with Gasteiger partial charge in [-0.2, -0.15) is 5.26 Å². The number of hydrogen-bond acceptors (Lipinski definition) is 3. The maximum atomic E-state index is 11.5. The molecule has 0 aromatic heterocycles. The van der Waals surface area contributed by atoms with Crippen molar-refractivity contribution in [2.75, 3.05) is 13.1 Å². The second-order valence-corrected chi connectivity index (χ2v) is 3.50. The van der Waals surface area contributed by atoms with Gasteiger partial charge in [-0.3, -0.25) is 4.79 Å². The molecule has 4 heteroatoms. The molecule has 80 valence electrons. The van der Waals surface area contributed by atoms with Gasteiger partial charge in [-0.15, -0.1) is 0 Å². The molecule has 0 saturated carbocycles. The van der Waals surface area contributed by atoms with E-state index in [9.17, 15) is 4.79 Å².